The molecule has 0 N–H and O–H groups in total. The second-order valence-electron chi connectivity index (χ2n) is 6.31. The Balaban J connectivity index is 1.73. The molecule has 2 aliphatic heterocycles. The minimum absolute atomic E-state index is 0.0778. The lowest BCUT2D eigenvalue weighted by atomic mass is 9.98. The average Bonchev–Trinajstić information content (AvgIpc) is 3.34. The summed E-state index contributed by atoms with van der Waals surface area (Å²) < 4.78 is 11.8. The molecule has 8 heteroatoms. The maximum Gasteiger partial charge on any atom is 0.258 e. The smallest absolute Gasteiger partial charge is 0.258 e. The third kappa shape index (κ3) is 3.66. The van der Waals surface area contributed by atoms with Crippen LogP contribution in [0.3, 0.4) is 0 Å². The number of aliphatic imine (C=N–C) groups is 1. The van der Waals surface area contributed by atoms with Gasteiger partial charge in [-0.1, -0.05) is 45.9 Å². The van der Waals surface area contributed by atoms with Crippen LogP contribution in [0.25, 0.3) is 0 Å². The molecule has 2 heterocycles. The summed E-state index contributed by atoms with van der Waals surface area (Å²) in [6.07, 6.45) is 0.694. The van der Waals surface area contributed by atoms with Crippen molar-refractivity contribution in [3.05, 3.63) is 58.1 Å². The number of carbonyl (C=O) groups is 1. The van der Waals surface area contributed by atoms with Gasteiger partial charge in [-0.15, -0.1) is 0 Å². The van der Waals surface area contributed by atoms with Gasteiger partial charge in [-0.3, -0.25) is 4.79 Å². The number of nitrogens with zero attached hydrogens (tertiary/aromatic N) is 3. The maximum absolute atomic E-state index is 11.7. The number of rotatable bonds is 4. The highest BCUT2D eigenvalue weighted by atomic mass is 79.9. The number of methoxy groups -OCH3 is 2. The number of hydrazone groups is 1. The van der Waals surface area contributed by atoms with Crippen LogP contribution < -0.4 is 9.47 Å². The van der Waals surface area contributed by atoms with E-state index in [1.54, 1.807) is 14.2 Å². The van der Waals surface area contributed by atoms with Crippen LogP contribution >= 0.6 is 27.7 Å². The summed E-state index contributed by atoms with van der Waals surface area (Å²) in [4.78, 5) is 15.9. The molecule has 0 saturated heterocycles. The molecule has 0 spiro atoms. The van der Waals surface area contributed by atoms with Crippen LogP contribution in [0.5, 0.6) is 11.5 Å². The van der Waals surface area contributed by atoms with Crippen LogP contribution in [-0.2, 0) is 4.79 Å². The quantitative estimate of drug-likeness (QED) is 0.683. The SMILES string of the molecule is COc1ccc(C2CC(c3cccc(Br)c3)=NN2C2=NC(=O)CS2)cc1OC. The molecule has 2 aromatic rings. The molecule has 2 aliphatic rings. The molecule has 1 unspecified atom stereocenters. The second-order valence-corrected chi connectivity index (χ2v) is 8.17. The normalized spacial score (nSPS) is 18.9. The predicted molar refractivity (Wildman–Crippen MR) is 114 cm³/mol. The van der Waals surface area contributed by atoms with E-state index in [-0.39, 0.29) is 11.9 Å². The van der Waals surface area contributed by atoms with Crippen LogP contribution in [0.2, 0.25) is 0 Å². The zero-order valence-electron chi connectivity index (χ0n) is 15.4. The van der Waals surface area contributed by atoms with Gasteiger partial charge >= 0.3 is 0 Å². The first-order valence-corrected chi connectivity index (χ1v) is 10.5. The fourth-order valence-corrected chi connectivity index (χ4v) is 4.45. The lowest BCUT2D eigenvalue weighted by Gasteiger charge is -2.23. The highest BCUT2D eigenvalue weighted by molar-refractivity contribution is 9.10. The van der Waals surface area contributed by atoms with Crippen molar-refractivity contribution in [2.45, 2.75) is 12.5 Å². The van der Waals surface area contributed by atoms with E-state index in [0.29, 0.717) is 28.8 Å². The summed E-state index contributed by atoms with van der Waals surface area (Å²) in [5.41, 5.74) is 3.01. The number of benzene rings is 2. The maximum atomic E-state index is 11.7. The van der Waals surface area contributed by atoms with Crippen molar-refractivity contribution in [3.8, 4) is 11.5 Å². The molecule has 0 saturated carbocycles. The van der Waals surface area contributed by atoms with Gasteiger partial charge in [0.15, 0.2) is 16.7 Å². The van der Waals surface area contributed by atoms with Crippen molar-refractivity contribution in [1.29, 1.82) is 0 Å². The van der Waals surface area contributed by atoms with Gasteiger partial charge in [0.05, 0.1) is 31.7 Å². The molecule has 4 rings (SSSR count). The molecule has 0 fully saturated rings. The Morgan fingerprint density at radius 3 is 2.64 bits per heavy atom. The Morgan fingerprint density at radius 2 is 1.96 bits per heavy atom. The fraction of sp³-hybridized carbons (Fsp3) is 0.250. The van der Waals surface area contributed by atoms with Crippen molar-refractivity contribution < 1.29 is 14.3 Å². The first-order valence-electron chi connectivity index (χ1n) is 8.68. The van der Waals surface area contributed by atoms with Crippen LogP contribution in [0, 0.1) is 0 Å². The van der Waals surface area contributed by atoms with Crippen LogP contribution in [0.1, 0.15) is 23.6 Å². The number of amides is 1. The third-order valence-electron chi connectivity index (χ3n) is 4.60. The Hall–Kier alpha value is -2.32. The standard InChI is InChI=1S/C20H18BrN3O3S/c1-26-17-7-6-13(9-18(17)27-2)16-10-15(12-4-3-5-14(21)8-12)23-24(16)20-22-19(25)11-28-20/h3-9,16H,10-11H2,1-2H3. The summed E-state index contributed by atoms with van der Waals surface area (Å²) >= 11 is 4.94. The number of ether oxygens (including phenoxy) is 2. The van der Waals surface area contributed by atoms with E-state index in [9.17, 15) is 4.79 Å². The topological polar surface area (TPSA) is 63.5 Å². The van der Waals surface area contributed by atoms with E-state index in [2.05, 4.69) is 20.9 Å². The van der Waals surface area contributed by atoms with E-state index in [0.717, 1.165) is 21.3 Å². The summed E-state index contributed by atoms with van der Waals surface area (Å²) in [5, 5.41) is 7.31. The van der Waals surface area contributed by atoms with Crippen molar-refractivity contribution in [2.24, 2.45) is 10.1 Å². The molecule has 0 radical (unpaired) electrons. The first kappa shape index (κ1) is 19.0. The molecule has 0 bridgehead atoms. The Labute approximate surface area is 175 Å². The Bertz CT molecular complexity index is 992. The van der Waals surface area contributed by atoms with Gasteiger partial charge in [-0.25, -0.2) is 5.01 Å². The van der Waals surface area contributed by atoms with E-state index < -0.39 is 0 Å². The molecule has 0 aliphatic carbocycles. The van der Waals surface area contributed by atoms with Crippen LogP contribution in [0.15, 0.2) is 57.0 Å². The monoisotopic (exact) mass is 459 g/mol. The van der Waals surface area contributed by atoms with Gasteiger partial charge < -0.3 is 9.47 Å². The Kier molecular flexibility index (Phi) is 5.41. The number of thioether (sulfide) groups is 1. The zero-order valence-corrected chi connectivity index (χ0v) is 17.8. The predicted octanol–water partition coefficient (Wildman–Crippen LogP) is 4.25. The summed E-state index contributed by atoms with van der Waals surface area (Å²) in [7, 11) is 3.23. The zero-order chi connectivity index (χ0) is 19.7. The van der Waals surface area contributed by atoms with Crippen LogP contribution in [-0.4, -0.2) is 41.8 Å². The largest absolute Gasteiger partial charge is 0.493 e. The summed E-state index contributed by atoms with van der Waals surface area (Å²) in [6, 6.07) is 13.8. The molecule has 6 nitrogen and oxygen atoms in total. The fourth-order valence-electron chi connectivity index (χ4n) is 3.26. The minimum Gasteiger partial charge on any atom is -0.493 e. The molecule has 144 valence electrons. The molecule has 28 heavy (non-hydrogen) atoms. The van der Waals surface area contributed by atoms with Gasteiger partial charge in [0.2, 0.25) is 0 Å². The highest BCUT2D eigenvalue weighted by Gasteiger charge is 2.35. The van der Waals surface area contributed by atoms with Crippen LogP contribution in [0.4, 0.5) is 0 Å². The van der Waals surface area contributed by atoms with E-state index in [1.807, 2.05) is 47.5 Å². The number of hydrogen-bond donors (Lipinski definition) is 0. The van der Waals surface area contributed by atoms with Gasteiger partial charge in [-0.05, 0) is 35.4 Å². The summed E-state index contributed by atoms with van der Waals surface area (Å²) in [6.45, 7) is 0. The number of amidine groups is 1. The van der Waals surface area contributed by atoms with Gasteiger partial charge in [0, 0.05) is 10.9 Å². The molecule has 1 amide bonds. The average molecular weight is 460 g/mol. The lowest BCUT2D eigenvalue weighted by Crippen LogP contribution is -2.23. The minimum atomic E-state index is -0.128. The van der Waals surface area contributed by atoms with E-state index in [4.69, 9.17) is 14.6 Å². The molecular formula is C20H18BrN3O3S. The number of halogens is 1. The molecule has 0 aromatic heterocycles. The van der Waals surface area contributed by atoms with Crippen molar-refractivity contribution in [1.82, 2.24) is 5.01 Å². The summed E-state index contributed by atoms with van der Waals surface area (Å²) in [5.74, 6) is 1.56. The van der Waals surface area contributed by atoms with Crippen molar-refractivity contribution in [2.75, 3.05) is 20.0 Å². The van der Waals surface area contributed by atoms with Crippen molar-refractivity contribution in [3.63, 3.8) is 0 Å². The second kappa shape index (κ2) is 7.97. The number of carbonyl (C=O) groups excluding carboxylic acids is 1. The Morgan fingerprint density at radius 1 is 1.14 bits per heavy atom. The first-order chi connectivity index (χ1) is 13.6. The molecular weight excluding hydrogens is 442 g/mol. The molecule has 1 atom stereocenters. The number of hydrogen-bond acceptors (Lipinski definition) is 6. The van der Waals surface area contributed by atoms with E-state index in [1.165, 1.54) is 11.8 Å². The van der Waals surface area contributed by atoms with Gasteiger partial charge in [-0.2, -0.15) is 10.1 Å². The third-order valence-corrected chi connectivity index (χ3v) is 6.02. The van der Waals surface area contributed by atoms with E-state index >= 15 is 0 Å². The van der Waals surface area contributed by atoms with Gasteiger partial charge in [0.1, 0.15) is 0 Å². The lowest BCUT2D eigenvalue weighted by molar-refractivity contribution is -0.115. The molecule has 2 aromatic carbocycles. The van der Waals surface area contributed by atoms with Gasteiger partial charge in [0.25, 0.3) is 5.91 Å². The highest BCUT2D eigenvalue weighted by Crippen LogP contribution is 2.39. The van der Waals surface area contributed by atoms with Crippen molar-refractivity contribution >= 4 is 44.5 Å².